The van der Waals surface area contributed by atoms with Crippen molar-refractivity contribution in [1.82, 2.24) is 0 Å². The van der Waals surface area contributed by atoms with Crippen LogP contribution in [0.1, 0.15) is 31.4 Å². The summed E-state index contributed by atoms with van der Waals surface area (Å²) in [6.45, 7) is 4.31. The monoisotopic (exact) mass is 319 g/mol. The van der Waals surface area contributed by atoms with Crippen molar-refractivity contribution < 1.29 is 9.53 Å². The molecule has 1 unspecified atom stereocenters. The van der Waals surface area contributed by atoms with Gasteiger partial charge in [-0.05, 0) is 36.1 Å². The summed E-state index contributed by atoms with van der Waals surface area (Å²) in [6.07, 6.45) is 2.07. The molecule has 3 rings (SSSR count). The number of hydrogen-bond acceptors (Lipinski definition) is 3. The van der Waals surface area contributed by atoms with Crippen LogP contribution in [0.4, 0.5) is 0 Å². The average Bonchev–Trinajstić information content (AvgIpc) is 2.94. The minimum Gasteiger partial charge on any atom is -0.466 e. The van der Waals surface area contributed by atoms with Gasteiger partial charge in [0.2, 0.25) is 0 Å². The Morgan fingerprint density at radius 3 is 2.29 bits per heavy atom. The minimum absolute atomic E-state index is 0.218. The van der Waals surface area contributed by atoms with E-state index in [4.69, 9.17) is 9.73 Å². The lowest BCUT2D eigenvalue weighted by Gasteiger charge is -2.27. The van der Waals surface area contributed by atoms with Gasteiger partial charge >= 0.3 is 5.97 Å². The molecule has 0 amide bonds. The highest BCUT2D eigenvalue weighted by molar-refractivity contribution is 6.02. The van der Waals surface area contributed by atoms with Crippen LogP contribution in [0.15, 0.2) is 71.2 Å². The van der Waals surface area contributed by atoms with Gasteiger partial charge in [-0.2, -0.15) is 0 Å². The summed E-state index contributed by atoms with van der Waals surface area (Å²) in [4.78, 5) is 16.8. The number of esters is 1. The molecule has 0 saturated carbocycles. The predicted octanol–water partition coefficient (Wildman–Crippen LogP) is 4.39. The molecule has 3 heteroatoms. The Morgan fingerprint density at radius 2 is 1.67 bits per heavy atom. The highest BCUT2D eigenvalue weighted by Gasteiger charge is 2.37. The summed E-state index contributed by atoms with van der Waals surface area (Å²) < 4.78 is 5.13. The summed E-state index contributed by atoms with van der Waals surface area (Å²) in [5.41, 5.74) is 3.69. The molecule has 122 valence electrons. The first-order valence-corrected chi connectivity index (χ1v) is 8.20. The Labute approximate surface area is 142 Å². The van der Waals surface area contributed by atoms with Crippen LogP contribution in [0.3, 0.4) is 0 Å². The van der Waals surface area contributed by atoms with Gasteiger partial charge in [0.05, 0.1) is 13.0 Å². The Balaban J connectivity index is 2.09. The molecule has 1 aliphatic heterocycles. The van der Waals surface area contributed by atoms with Gasteiger partial charge in [0, 0.05) is 6.21 Å². The van der Waals surface area contributed by atoms with Crippen LogP contribution >= 0.6 is 0 Å². The normalized spacial score (nSPS) is 19.6. The van der Waals surface area contributed by atoms with E-state index in [2.05, 4.69) is 31.2 Å². The van der Waals surface area contributed by atoms with Crippen molar-refractivity contribution in [1.29, 1.82) is 0 Å². The maximum absolute atomic E-state index is 12.0. The van der Waals surface area contributed by atoms with Crippen LogP contribution in [0, 0.1) is 0 Å². The minimum atomic E-state index is -0.496. The summed E-state index contributed by atoms with van der Waals surface area (Å²) in [7, 11) is 0. The number of carbonyl (C=O) groups excluding carboxylic acids is 1. The van der Waals surface area contributed by atoms with E-state index in [1.165, 1.54) is 0 Å². The second-order valence-corrected chi connectivity index (χ2v) is 5.94. The summed E-state index contributed by atoms with van der Waals surface area (Å²) >= 11 is 0. The Bertz CT molecular complexity index is 778. The number of benzene rings is 2. The standard InChI is InChI=1S/C21H21NO2/c1-3-24-19(23)14-17-15-22-21(2,18-12-8-5-9-13-18)20(17)16-10-6-4-7-11-16/h4-13,15H,3,14H2,1-2H3. The number of hydrogen-bond donors (Lipinski definition) is 0. The third-order valence-corrected chi connectivity index (χ3v) is 4.32. The quantitative estimate of drug-likeness (QED) is 0.767. The van der Waals surface area contributed by atoms with Crippen molar-refractivity contribution in [2.45, 2.75) is 25.8 Å². The van der Waals surface area contributed by atoms with Crippen molar-refractivity contribution in [3.63, 3.8) is 0 Å². The average molecular weight is 319 g/mol. The first-order valence-electron chi connectivity index (χ1n) is 8.20. The predicted molar refractivity (Wildman–Crippen MR) is 96.9 cm³/mol. The van der Waals surface area contributed by atoms with E-state index in [-0.39, 0.29) is 12.4 Å². The van der Waals surface area contributed by atoms with E-state index in [9.17, 15) is 4.79 Å². The Kier molecular flexibility index (Phi) is 4.61. The van der Waals surface area contributed by atoms with E-state index in [1.54, 1.807) is 0 Å². The van der Waals surface area contributed by atoms with E-state index in [0.29, 0.717) is 6.61 Å². The molecule has 3 nitrogen and oxygen atoms in total. The number of ether oxygens (including phenoxy) is 1. The number of rotatable bonds is 5. The zero-order valence-corrected chi connectivity index (χ0v) is 14.0. The van der Waals surface area contributed by atoms with Crippen molar-refractivity contribution in [2.24, 2.45) is 4.99 Å². The first-order chi connectivity index (χ1) is 11.6. The van der Waals surface area contributed by atoms with Crippen molar-refractivity contribution in [3.05, 3.63) is 77.4 Å². The fourth-order valence-electron chi connectivity index (χ4n) is 3.20. The van der Waals surface area contributed by atoms with Crippen LogP contribution in [-0.4, -0.2) is 18.8 Å². The molecule has 24 heavy (non-hydrogen) atoms. The Hall–Kier alpha value is -2.68. The maximum atomic E-state index is 12.0. The zero-order valence-electron chi connectivity index (χ0n) is 14.0. The molecule has 1 aliphatic rings. The van der Waals surface area contributed by atoms with Gasteiger partial charge in [-0.3, -0.25) is 9.79 Å². The number of nitrogens with zero attached hydrogens (tertiary/aromatic N) is 1. The van der Waals surface area contributed by atoms with Gasteiger partial charge in [0.15, 0.2) is 0 Å². The third kappa shape index (κ3) is 3.02. The lowest BCUT2D eigenvalue weighted by molar-refractivity contribution is -0.142. The molecule has 0 bridgehead atoms. The van der Waals surface area contributed by atoms with Crippen LogP contribution in [-0.2, 0) is 15.1 Å². The molecule has 0 aliphatic carbocycles. The maximum Gasteiger partial charge on any atom is 0.310 e. The number of carbonyl (C=O) groups is 1. The van der Waals surface area contributed by atoms with E-state index >= 15 is 0 Å². The van der Waals surface area contributed by atoms with Crippen molar-refractivity contribution in [3.8, 4) is 0 Å². The molecule has 1 atom stereocenters. The summed E-state index contributed by atoms with van der Waals surface area (Å²) in [5, 5.41) is 0. The van der Waals surface area contributed by atoms with Crippen LogP contribution in [0.25, 0.3) is 5.57 Å². The van der Waals surface area contributed by atoms with Crippen molar-refractivity contribution in [2.75, 3.05) is 6.61 Å². The van der Waals surface area contributed by atoms with Crippen LogP contribution in [0.2, 0.25) is 0 Å². The zero-order chi connectivity index (χ0) is 17.0. The van der Waals surface area contributed by atoms with Crippen molar-refractivity contribution >= 4 is 17.8 Å². The third-order valence-electron chi connectivity index (χ3n) is 4.32. The molecule has 0 fully saturated rings. The molecule has 0 spiro atoms. The highest BCUT2D eigenvalue weighted by Crippen LogP contribution is 2.45. The molecule has 0 radical (unpaired) electrons. The SMILES string of the molecule is CCOC(=O)CC1=C(c2ccccc2)C(C)(c2ccccc2)N=C1. The Morgan fingerprint density at radius 1 is 1.04 bits per heavy atom. The molecular weight excluding hydrogens is 298 g/mol. The molecule has 0 saturated heterocycles. The second-order valence-electron chi connectivity index (χ2n) is 5.94. The van der Waals surface area contributed by atoms with Crippen LogP contribution < -0.4 is 0 Å². The molecule has 0 N–H and O–H groups in total. The molecular formula is C21H21NO2. The van der Waals surface area contributed by atoms with Crippen LogP contribution in [0.5, 0.6) is 0 Å². The van der Waals surface area contributed by atoms with E-state index in [0.717, 1.165) is 22.3 Å². The van der Waals surface area contributed by atoms with Gasteiger partial charge in [-0.1, -0.05) is 60.7 Å². The molecule has 1 heterocycles. The fourth-order valence-corrected chi connectivity index (χ4v) is 3.20. The number of aliphatic imine (C=N–C) groups is 1. The van der Waals surface area contributed by atoms with E-state index in [1.807, 2.05) is 49.5 Å². The fraction of sp³-hybridized carbons (Fsp3) is 0.238. The van der Waals surface area contributed by atoms with Gasteiger partial charge < -0.3 is 4.74 Å². The molecule has 2 aromatic rings. The molecule has 0 aromatic heterocycles. The van der Waals surface area contributed by atoms with Gasteiger partial charge in [0.1, 0.15) is 5.54 Å². The topological polar surface area (TPSA) is 38.7 Å². The lowest BCUT2D eigenvalue weighted by atomic mass is 9.80. The smallest absolute Gasteiger partial charge is 0.310 e. The first kappa shape index (κ1) is 16.2. The summed E-state index contributed by atoms with van der Waals surface area (Å²) in [6, 6.07) is 20.3. The largest absolute Gasteiger partial charge is 0.466 e. The molecule has 2 aromatic carbocycles. The highest BCUT2D eigenvalue weighted by atomic mass is 16.5. The second kappa shape index (κ2) is 6.83. The van der Waals surface area contributed by atoms with Gasteiger partial charge in [-0.25, -0.2) is 0 Å². The van der Waals surface area contributed by atoms with Gasteiger partial charge in [0.25, 0.3) is 0 Å². The summed E-state index contributed by atoms with van der Waals surface area (Å²) in [5.74, 6) is -0.218. The van der Waals surface area contributed by atoms with E-state index < -0.39 is 5.54 Å². The lowest BCUT2D eigenvalue weighted by Crippen LogP contribution is -2.19. The van der Waals surface area contributed by atoms with Gasteiger partial charge in [-0.15, -0.1) is 0 Å².